The molecule has 23 heavy (non-hydrogen) atoms. The zero-order valence-electron chi connectivity index (χ0n) is 14.0. The van der Waals surface area contributed by atoms with E-state index in [1.54, 1.807) is 21.3 Å². The summed E-state index contributed by atoms with van der Waals surface area (Å²) in [5.41, 5.74) is 6.79. The van der Waals surface area contributed by atoms with Crippen LogP contribution in [0.15, 0.2) is 12.1 Å². The molecule has 2 rings (SSSR count). The molecule has 1 unspecified atom stereocenters. The standard InChI is InChI=1S/C16H26N4O3/c1-21-13-8-11(9-14(22-2)15(13)23-3)4-5-12-10-19-6-7-20(12)16(17)18/h8-9,12,19H,4-7,10H2,1-3H3,(H3,17,18). The lowest BCUT2D eigenvalue weighted by Crippen LogP contribution is -2.55. The molecule has 1 aliphatic heterocycles. The first-order chi connectivity index (χ1) is 11.1. The predicted molar refractivity (Wildman–Crippen MR) is 89.7 cm³/mol. The van der Waals surface area contributed by atoms with Crippen LogP contribution < -0.4 is 25.3 Å². The van der Waals surface area contributed by atoms with Gasteiger partial charge >= 0.3 is 0 Å². The maximum Gasteiger partial charge on any atom is 0.203 e. The van der Waals surface area contributed by atoms with Crippen molar-refractivity contribution < 1.29 is 14.2 Å². The molecular formula is C16H26N4O3. The summed E-state index contributed by atoms with van der Waals surface area (Å²) in [6.45, 7) is 2.47. The van der Waals surface area contributed by atoms with E-state index in [9.17, 15) is 0 Å². The van der Waals surface area contributed by atoms with E-state index >= 15 is 0 Å². The minimum Gasteiger partial charge on any atom is -0.493 e. The second-order valence-corrected chi connectivity index (χ2v) is 5.51. The van der Waals surface area contributed by atoms with E-state index in [1.165, 1.54) is 0 Å². The third-order valence-electron chi connectivity index (χ3n) is 4.15. The third kappa shape index (κ3) is 3.98. The fraction of sp³-hybridized carbons (Fsp3) is 0.562. The van der Waals surface area contributed by atoms with E-state index in [0.29, 0.717) is 17.2 Å². The number of rotatable bonds is 6. The van der Waals surface area contributed by atoms with Crippen LogP contribution in [0.2, 0.25) is 0 Å². The molecule has 0 bridgehead atoms. The molecule has 0 radical (unpaired) electrons. The number of methoxy groups -OCH3 is 3. The number of aryl methyl sites for hydroxylation is 1. The topological polar surface area (TPSA) is 92.8 Å². The molecule has 0 saturated carbocycles. The zero-order chi connectivity index (χ0) is 16.8. The van der Waals surface area contributed by atoms with E-state index in [2.05, 4.69) is 5.32 Å². The molecule has 1 aliphatic rings. The van der Waals surface area contributed by atoms with Crippen molar-refractivity contribution in [1.29, 1.82) is 5.41 Å². The first-order valence-corrected chi connectivity index (χ1v) is 7.71. The maximum absolute atomic E-state index is 7.70. The third-order valence-corrected chi connectivity index (χ3v) is 4.15. The van der Waals surface area contributed by atoms with Crippen molar-refractivity contribution in [1.82, 2.24) is 10.2 Å². The molecule has 1 heterocycles. The Morgan fingerprint density at radius 1 is 1.26 bits per heavy atom. The summed E-state index contributed by atoms with van der Waals surface area (Å²) in [4.78, 5) is 1.95. The highest BCUT2D eigenvalue weighted by Gasteiger charge is 2.23. The number of nitrogens with two attached hydrogens (primary N) is 1. The molecule has 0 aromatic heterocycles. The Balaban J connectivity index is 2.12. The number of hydrogen-bond acceptors (Lipinski definition) is 5. The smallest absolute Gasteiger partial charge is 0.203 e. The van der Waals surface area contributed by atoms with Gasteiger partial charge in [0.25, 0.3) is 0 Å². The summed E-state index contributed by atoms with van der Waals surface area (Å²) in [5.74, 6) is 2.06. The Kier molecular flexibility index (Phi) is 5.92. The molecule has 1 aromatic carbocycles. The summed E-state index contributed by atoms with van der Waals surface area (Å²) in [7, 11) is 4.83. The van der Waals surface area contributed by atoms with Gasteiger partial charge in [-0.1, -0.05) is 0 Å². The fourth-order valence-corrected chi connectivity index (χ4v) is 2.95. The maximum atomic E-state index is 7.70. The number of hydrogen-bond donors (Lipinski definition) is 3. The van der Waals surface area contributed by atoms with Crippen LogP contribution in [0, 0.1) is 5.41 Å². The van der Waals surface area contributed by atoms with Gasteiger partial charge in [0.2, 0.25) is 5.75 Å². The molecule has 7 heteroatoms. The van der Waals surface area contributed by atoms with Crippen LogP contribution in [0.1, 0.15) is 12.0 Å². The summed E-state index contributed by atoms with van der Waals surface area (Å²) < 4.78 is 16.1. The second-order valence-electron chi connectivity index (χ2n) is 5.51. The minimum absolute atomic E-state index is 0.140. The van der Waals surface area contributed by atoms with Gasteiger partial charge in [0.1, 0.15) is 0 Å². The predicted octanol–water partition coefficient (Wildman–Crippen LogP) is 0.812. The van der Waals surface area contributed by atoms with E-state index in [1.807, 2.05) is 17.0 Å². The molecule has 4 N–H and O–H groups in total. The SMILES string of the molecule is COc1cc(CCC2CNCCN2C(=N)N)cc(OC)c1OC. The van der Waals surface area contributed by atoms with Gasteiger partial charge in [-0.3, -0.25) is 5.41 Å². The van der Waals surface area contributed by atoms with Gasteiger partial charge in [-0.25, -0.2) is 0 Å². The van der Waals surface area contributed by atoms with Gasteiger partial charge in [-0.15, -0.1) is 0 Å². The van der Waals surface area contributed by atoms with Crippen molar-refractivity contribution in [3.63, 3.8) is 0 Å². The quantitative estimate of drug-likeness (QED) is 0.530. The Labute approximate surface area is 137 Å². The van der Waals surface area contributed by atoms with Gasteiger partial charge in [-0.05, 0) is 30.5 Å². The summed E-state index contributed by atoms with van der Waals surface area (Å²) in [6, 6.07) is 4.16. The van der Waals surface area contributed by atoms with Gasteiger partial charge < -0.3 is 30.2 Å². The average Bonchev–Trinajstić information content (AvgIpc) is 2.58. The minimum atomic E-state index is 0.140. The van der Waals surface area contributed by atoms with Crippen molar-refractivity contribution in [2.75, 3.05) is 41.0 Å². The van der Waals surface area contributed by atoms with Crippen molar-refractivity contribution >= 4 is 5.96 Å². The lowest BCUT2D eigenvalue weighted by Gasteiger charge is -2.36. The number of piperazine rings is 1. The van der Waals surface area contributed by atoms with Crippen LogP contribution in [0.4, 0.5) is 0 Å². The molecule has 128 valence electrons. The zero-order valence-corrected chi connectivity index (χ0v) is 14.0. The van der Waals surface area contributed by atoms with Crippen LogP contribution in [0.25, 0.3) is 0 Å². The van der Waals surface area contributed by atoms with Gasteiger partial charge in [0.15, 0.2) is 17.5 Å². The monoisotopic (exact) mass is 322 g/mol. The molecule has 0 spiro atoms. The van der Waals surface area contributed by atoms with Gasteiger partial charge in [0.05, 0.1) is 21.3 Å². The molecular weight excluding hydrogens is 296 g/mol. The Bertz CT molecular complexity index is 525. The molecule has 0 amide bonds. The molecule has 1 saturated heterocycles. The van der Waals surface area contributed by atoms with Gasteiger partial charge in [-0.2, -0.15) is 0 Å². The van der Waals surface area contributed by atoms with E-state index in [-0.39, 0.29) is 12.0 Å². The molecule has 7 nitrogen and oxygen atoms in total. The largest absolute Gasteiger partial charge is 0.493 e. The van der Waals surface area contributed by atoms with Crippen molar-refractivity contribution in [2.24, 2.45) is 5.73 Å². The molecule has 1 aromatic rings. The van der Waals surface area contributed by atoms with E-state index < -0.39 is 0 Å². The molecule has 1 fully saturated rings. The number of benzene rings is 1. The number of ether oxygens (including phenoxy) is 3. The second kappa shape index (κ2) is 7.92. The average molecular weight is 322 g/mol. The highest BCUT2D eigenvalue weighted by Crippen LogP contribution is 2.38. The number of nitrogens with one attached hydrogen (secondary N) is 2. The highest BCUT2D eigenvalue weighted by molar-refractivity contribution is 5.75. The van der Waals surface area contributed by atoms with Crippen LogP contribution in [0.5, 0.6) is 17.2 Å². The lowest BCUT2D eigenvalue weighted by atomic mass is 10.0. The Morgan fingerprint density at radius 2 is 1.91 bits per heavy atom. The molecule has 1 atom stereocenters. The van der Waals surface area contributed by atoms with Crippen LogP contribution in [0.3, 0.4) is 0 Å². The van der Waals surface area contributed by atoms with Crippen LogP contribution in [-0.4, -0.2) is 57.9 Å². The first-order valence-electron chi connectivity index (χ1n) is 7.71. The summed E-state index contributed by atoms with van der Waals surface area (Å²) in [6.07, 6.45) is 1.73. The van der Waals surface area contributed by atoms with E-state index in [0.717, 1.165) is 38.0 Å². The summed E-state index contributed by atoms with van der Waals surface area (Å²) >= 11 is 0. The normalized spacial score (nSPS) is 17.7. The van der Waals surface area contributed by atoms with E-state index in [4.69, 9.17) is 25.4 Å². The molecule has 0 aliphatic carbocycles. The van der Waals surface area contributed by atoms with Crippen LogP contribution in [-0.2, 0) is 6.42 Å². The fourth-order valence-electron chi connectivity index (χ4n) is 2.95. The Hall–Kier alpha value is -2.15. The summed E-state index contributed by atoms with van der Waals surface area (Å²) in [5, 5.41) is 11.1. The van der Waals surface area contributed by atoms with Crippen molar-refractivity contribution in [3.8, 4) is 17.2 Å². The van der Waals surface area contributed by atoms with Crippen molar-refractivity contribution in [3.05, 3.63) is 17.7 Å². The van der Waals surface area contributed by atoms with Crippen LogP contribution >= 0.6 is 0 Å². The number of nitrogens with zero attached hydrogens (tertiary/aromatic N) is 1. The van der Waals surface area contributed by atoms with Crippen molar-refractivity contribution in [2.45, 2.75) is 18.9 Å². The lowest BCUT2D eigenvalue weighted by molar-refractivity contribution is 0.241. The first kappa shape index (κ1) is 17.2. The van der Waals surface area contributed by atoms with Gasteiger partial charge in [0, 0.05) is 25.7 Å². The number of guanidine groups is 1. The Morgan fingerprint density at radius 3 is 2.43 bits per heavy atom. The highest BCUT2D eigenvalue weighted by atomic mass is 16.5.